The normalized spacial score (nSPS) is 24.2. The van der Waals surface area contributed by atoms with E-state index in [9.17, 15) is 9.59 Å². The molecule has 4 heterocycles. The Kier molecular flexibility index (Phi) is 6.34. The van der Waals surface area contributed by atoms with Crippen molar-refractivity contribution in [2.75, 3.05) is 23.3 Å². The Labute approximate surface area is 211 Å². The number of aromatic nitrogens is 2. The van der Waals surface area contributed by atoms with Crippen molar-refractivity contribution in [2.24, 2.45) is 5.92 Å². The largest absolute Gasteiger partial charge is 0.444 e. The molecule has 0 spiro atoms. The van der Waals surface area contributed by atoms with Crippen LogP contribution in [0.4, 0.5) is 16.3 Å². The molecule has 1 aromatic carbocycles. The number of rotatable bonds is 4. The first-order valence-corrected chi connectivity index (χ1v) is 12.7. The van der Waals surface area contributed by atoms with Crippen LogP contribution in [-0.2, 0) is 9.53 Å². The minimum absolute atomic E-state index is 0.0136. The van der Waals surface area contributed by atoms with Crippen molar-refractivity contribution in [3.63, 3.8) is 0 Å². The highest BCUT2D eigenvalue weighted by molar-refractivity contribution is 6.29. The maximum atomic E-state index is 12.7. The molecule has 2 aromatic rings. The predicted molar refractivity (Wildman–Crippen MR) is 135 cm³/mol. The van der Waals surface area contributed by atoms with Crippen molar-refractivity contribution in [2.45, 2.75) is 70.1 Å². The quantitative estimate of drug-likeness (QED) is 0.649. The van der Waals surface area contributed by atoms with E-state index in [0.29, 0.717) is 24.2 Å². The van der Waals surface area contributed by atoms with Gasteiger partial charge in [-0.2, -0.15) is 0 Å². The summed E-state index contributed by atoms with van der Waals surface area (Å²) in [5, 5.41) is 11.3. The summed E-state index contributed by atoms with van der Waals surface area (Å²) in [4.78, 5) is 29.4. The van der Waals surface area contributed by atoms with E-state index in [2.05, 4.69) is 27.6 Å². The molecule has 186 valence electrons. The highest BCUT2D eigenvalue weighted by atomic mass is 35.5. The maximum absolute atomic E-state index is 12.7. The Balaban J connectivity index is 1.14. The number of fused-ring (bicyclic) bond motifs is 2. The van der Waals surface area contributed by atoms with E-state index in [-0.39, 0.29) is 30.0 Å². The second kappa shape index (κ2) is 9.30. The number of carbonyl (C=O) groups is 2. The molecule has 3 aliphatic rings. The van der Waals surface area contributed by atoms with Gasteiger partial charge in [0.1, 0.15) is 5.60 Å². The fourth-order valence-electron chi connectivity index (χ4n) is 5.45. The van der Waals surface area contributed by atoms with E-state index in [4.69, 9.17) is 16.3 Å². The first-order valence-electron chi connectivity index (χ1n) is 12.3. The molecule has 0 aliphatic carbocycles. The standard InChI is InChI=1S/C26H32ClN5O3/c1-26(2,3)35-25(34)32-20-8-9-21(32)13-17(12-20)16-4-6-19(7-5-16)28-24(33)18-14-31(15-18)23-11-10-22(27)29-30-23/h4-7,10-11,17-18,20-21H,8-9,12-15H2,1-3H3,(H,28,33). The molecule has 9 heteroatoms. The van der Waals surface area contributed by atoms with Crippen LogP contribution < -0.4 is 10.2 Å². The van der Waals surface area contributed by atoms with E-state index in [0.717, 1.165) is 37.2 Å². The molecule has 3 fully saturated rings. The Morgan fingerprint density at radius 2 is 1.66 bits per heavy atom. The SMILES string of the molecule is CC(C)(C)OC(=O)N1C2CCC1CC(c1ccc(NC(=O)C3CN(c4ccc(Cl)nn4)C3)cc1)C2. The summed E-state index contributed by atoms with van der Waals surface area (Å²) in [7, 11) is 0. The van der Waals surface area contributed by atoms with Gasteiger partial charge in [0.2, 0.25) is 5.91 Å². The lowest BCUT2D eigenvalue weighted by atomic mass is 9.85. The summed E-state index contributed by atoms with van der Waals surface area (Å²) in [5.74, 6) is 1.07. The topological polar surface area (TPSA) is 87.7 Å². The van der Waals surface area contributed by atoms with Crippen LogP contribution in [0.15, 0.2) is 36.4 Å². The van der Waals surface area contributed by atoms with Crippen molar-refractivity contribution < 1.29 is 14.3 Å². The number of benzene rings is 1. The molecule has 2 bridgehead atoms. The van der Waals surface area contributed by atoms with Gasteiger partial charge in [-0.3, -0.25) is 4.79 Å². The average Bonchev–Trinajstić information content (AvgIpc) is 3.03. The number of halogens is 1. The van der Waals surface area contributed by atoms with Gasteiger partial charge in [0.15, 0.2) is 11.0 Å². The number of anilines is 2. The molecule has 0 saturated carbocycles. The summed E-state index contributed by atoms with van der Waals surface area (Å²) in [6, 6.07) is 12.2. The highest BCUT2D eigenvalue weighted by Gasteiger charge is 2.45. The van der Waals surface area contributed by atoms with Crippen LogP contribution in [-0.4, -0.2) is 57.9 Å². The summed E-state index contributed by atoms with van der Waals surface area (Å²) in [6.07, 6.45) is 3.79. The number of nitrogens with zero attached hydrogens (tertiary/aromatic N) is 4. The van der Waals surface area contributed by atoms with Crippen LogP contribution in [0, 0.1) is 5.92 Å². The Morgan fingerprint density at radius 3 is 2.23 bits per heavy atom. The van der Waals surface area contributed by atoms with E-state index in [1.54, 1.807) is 6.07 Å². The molecule has 35 heavy (non-hydrogen) atoms. The number of hydrogen-bond acceptors (Lipinski definition) is 6. The van der Waals surface area contributed by atoms with Gasteiger partial charge < -0.3 is 19.9 Å². The first kappa shape index (κ1) is 23.9. The van der Waals surface area contributed by atoms with E-state index < -0.39 is 5.60 Å². The fraction of sp³-hybridized carbons (Fsp3) is 0.538. The minimum Gasteiger partial charge on any atom is -0.444 e. The second-order valence-corrected chi connectivity index (χ2v) is 11.3. The second-order valence-electron chi connectivity index (χ2n) is 10.9. The summed E-state index contributed by atoms with van der Waals surface area (Å²) in [6.45, 7) is 6.96. The van der Waals surface area contributed by atoms with Crippen LogP contribution in [0.2, 0.25) is 5.15 Å². The molecule has 3 saturated heterocycles. The van der Waals surface area contributed by atoms with E-state index in [1.807, 2.05) is 48.8 Å². The van der Waals surface area contributed by atoms with Gasteiger partial charge in [0, 0.05) is 30.9 Å². The van der Waals surface area contributed by atoms with Gasteiger partial charge in [0.25, 0.3) is 0 Å². The third kappa shape index (κ3) is 5.22. The maximum Gasteiger partial charge on any atom is 0.410 e. The lowest BCUT2D eigenvalue weighted by Gasteiger charge is -2.39. The molecular formula is C26H32ClN5O3. The molecular weight excluding hydrogens is 466 g/mol. The third-order valence-electron chi connectivity index (χ3n) is 7.18. The molecule has 1 N–H and O–H groups in total. The van der Waals surface area contributed by atoms with Crippen molar-refractivity contribution >= 4 is 35.1 Å². The van der Waals surface area contributed by atoms with Crippen molar-refractivity contribution in [1.29, 1.82) is 0 Å². The zero-order valence-corrected chi connectivity index (χ0v) is 21.2. The van der Waals surface area contributed by atoms with Gasteiger partial charge in [-0.15, -0.1) is 10.2 Å². The molecule has 2 atom stereocenters. The fourth-order valence-corrected chi connectivity index (χ4v) is 5.55. The third-order valence-corrected chi connectivity index (χ3v) is 7.38. The van der Waals surface area contributed by atoms with E-state index >= 15 is 0 Å². The lowest BCUT2D eigenvalue weighted by molar-refractivity contribution is -0.120. The molecule has 1 aromatic heterocycles. The van der Waals surface area contributed by atoms with E-state index in [1.165, 1.54) is 5.56 Å². The van der Waals surface area contributed by atoms with Gasteiger partial charge in [0.05, 0.1) is 5.92 Å². The van der Waals surface area contributed by atoms with Crippen molar-refractivity contribution in [3.05, 3.63) is 47.1 Å². The number of carbonyl (C=O) groups excluding carboxylic acids is 2. The number of ether oxygens (including phenoxy) is 1. The zero-order chi connectivity index (χ0) is 24.7. The smallest absolute Gasteiger partial charge is 0.410 e. The van der Waals surface area contributed by atoms with Crippen molar-refractivity contribution in [1.82, 2.24) is 15.1 Å². The van der Waals surface area contributed by atoms with Crippen LogP contribution in [0.5, 0.6) is 0 Å². The number of hydrogen-bond donors (Lipinski definition) is 1. The molecule has 3 aliphatic heterocycles. The van der Waals surface area contributed by atoms with Crippen LogP contribution >= 0.6 is 11.6 Å². The van der Waals surface area contributed by atoms with Crippen LogP contribution in [0.3, 0.4) is 0 Å². The van der Waals surface area contributed by atoms with Crippen molar-refractivity contribution in [3.8, 4) is 0 Å². The number of nitrogens with one attached hydrogen (secondary N) is 1. The number of amides is 2. The Morgan fingerprint density at radius 1 is 1.00 bits per heavy atom. The Bertz CT molecular complexity index is 1070. The van der Waals surface area contributed by atoms with Gasteiger partial charge in [-0.25, -0.2) is 4.79 Å². The monoisotopic (exact) mass is 497 g/mol. The lowest BCUT2D eigenvalue weighted by Crippen LogP contribution is -2.52. The van der Waals surface area contributed by atoms with Crippen LogP contribution in [0.1, 0.15) is 57.9 Å². The summed E-state index contributed by atoms with van der Waals surface area (Å²) >= 11 is 5.79. The molecule has 2 unspecified atom stereocenters. The first-order chi connectivity index (χ1) is 16.7. The molecule has 8 nitrogen and oxygen atoms in total. The van der Waals surface area contributed by atoms with Gasteiger partial charge >= 0.3 is 6.09 Å². The molecule has 0 radical (unpaired) electrons. The van der Waals surface area contributed by atoms with Gasteiger partial charge in [-0.05, 0) is 82.2 Å². The minimum atomic E-state index is -0.477. The summed E-state index contributed by atoms with van der Waals surface area (Å²) < 4.78 is 5.65. The average molecular weight is 498 g/mol. The van der Waals surface area contributed by atoms with Crippen LogP contribution in [0.25, 0.3) is 0 Å². The predicted octanol–water partition coefficient (Wildman–Crippen LogP) is 4.85. The number of piperidine rings is 1. The highest BCUT2D eigenvalue weighted by Crippen LogP contribution is 2.43. The Hall–Kier alpha value is -2.87. The molecule has 2 amide bonds. The zero-order valence-electron chi connectivity index (χ0n) is 20.4. The molecule has 5 rings (SSSR count). The van der Waals surface area contributed by atoms with Gasteiger partial charge in [-0.1, -0.05) is 23.7 Å². The summed E-state index contributed by atoms with van der Waals surface area (Å²) in [5.41, 5.74) is 1.59.